The van der Waals surface area contributed by atoms with E-state index in [1.54, 1.807) is 12.1 Å². The molecule has 2 heterocycles. The minimum atomic E-state index is -4.85. The van der Waals surface area contributed by atoms with Crippen LogP contribution in [-0.2, 0) is 14.7 Å². The van der Waals surface area contributed by atoms with Gasteiger partial charge in [0.15, 0.2) is 0 Å². The van der Waals surface area contributed by atoms with Gasteiger partial charge in [0.1, 0.15) is 15.7 Å². The molecule has 6 rings (SSSR count). The summed E-state index contributed by atoms with van der Waals surface area (Å²) in [7, 11) is -3.35. The van der Waals surface area contributed by atoms with Crippen LogP contribution in [-0.4, -0.2) is 52.1 Å². The highest BCUT2D eigenvalue weighted by atomic mass is 35.5. The predicted molar refractivity (Wildman–Crippen MR) is 152 cm³/mol. The molecule has 2 fully saturated rings. The number of alkyl halides is 3. The zero-order chi connectivity index (χ0) is 28.9. The van der Waals surface area contributed by atoms with E-state index in [-0.39, 0.29) is 18.1 Å². The van der Waals surface area contributed by atoms with Crippen molar-refractivity contribution in [1.82, 2.24) is 9.29 Å². The van der Waals surface area contributed by atoms with Gasteiger partial charge in [0.2, 0.25) is 0 Å². The first-order chi connectivity index (χ1) is 19.5. The Morgan fingerprint density at radius 2 is 1.61 bits per heavy atom. The molecule has 1 saturated carbocycles. The molecule has 7 nitrogen and oxygen atoms in total. The molecule has 1 aromatic heterocycles. The van der Waals surface area contributed by atoms with E-state index in [1.807, 2.05) is 28.8 Å². The lowest BCUT2D eigenvalue weighted by Gasteiger charge is -2.37. The van der Waals surface area contributed by atoms with Crippen molar-refractivity contribution in [1.29, 1.82) is 0 Å². The lowest BCUT2D eigenvalue weighted by molar-refractivity contribution is -0.274. The van der Waals surface area contributed by atoms with Crippen molar-refractivity contribution in [3.8, 4) is 5.75 Å². The third-order valence-electron chi connectivity index (χ3n) is 7.35. The van der Waals surface area contributed by atoms with Gasteiger partial charge in [-0.1, -0.05) is 23.2 Å². The number of aromatic nitrogens is 1. The Bertz CT molecular complexity index is 1660. The molecule has 218 valence electrons. The molecular formula is C28H26Cl2F3N3O4S. The average molecular weight is 629 g/mol. The Morgan fingerprint density at radius 1 is 1.00 bits per heavy atom. The Kier molecular flexibility index (Phi) is 7.63. The van der Waals surface area contributed by atoms with E-state index in [1.165, 1.54) is 12.1 Å². The molecule has 1 aliphatic carbocycles. The van der Waals surface area contributed by atoms with Gasteiger partial charge in [-0.25, -0.2) is 13.3 Å². The minimum absolute atomic E-state index is 0.0532. The van der Waals surface area contributed by atoms with Gasteiger partial charge in [-0.3, -0.25) is 0 Å². The Hall–Kier alpha value is -2.54. The number of nitrogens with zero attached hydrogens (tertiary/aromatic N) is 2. The summed E-state index contributed by atoms with van der Waals surface area (Å²) in [6.07, 6.45) is -3.97. The number of hydrogen-bond donors (Lipinski definition) is 2. The van der Waals surface area contributed by atoms with Gasteiger partial charge in [-0.05, 0) is 79.4 Å². The molecule has 0 radical (unpaired) electrons. The largest absolute Gasteiger partial charge is 0.573 e. The summed E-state index contributed by atoms with van der Waals surface area (Å²) in [4.78, 5) is 0.183. The van der Waals surface area contributed by atoms with Gasteiger partial charge in [0.05, 0.1) is 42.8 Å². The van der Waals surface area contributed by atoms with Crippen LogP contribution in [0.2, 0.25) is 10.0 Å². The number of fused-ring (bicyclic) bond motifs is 3. The molecule has 0 bridgehead atoms. The molecular weight excluding hydrogens is 602 g/mol. The van der Waals surface area contributed by atoms with Crippen LogP contribution < -0.4 is 9.46 Å². The van der Waals surface area contributed by atoms with Crippen LogP contribution in [0, 0.1) is 5.92 Å². The van der Waals surface area contributed by atoms with Crippen LogP contribution in [0.5, 0.6) is 5.75 Å². The van der Waals surface area contributed by atoms with Crippen molar-refractivity contribution in [3.63, 3.8) is 0 Å². The number of ether oxygens (including phenoxy) is 2. The van der Waals surface area contributed by atoms with E-state index in [0.717, 1.165) is 46.8 Å². The Labute approximate surface area is 244 Å². The first kappa shape index (κ1) is 28.6. The maximum absolute atomic E-state index is 14.3. The molecule has 3 aromatic carbocycles. The zero-order valence-corrected chi connectivity index (χ0v) is 23.8. The van der Waals surface area contributed by atoms with Gasteiger partial charge >= 0.3 is 6.36 Å². The van der Waals surface area contributed by atoms with Gasteiger partial charge in [0.25, 0.3) is 0 Å². The minimum Gasteiger partial charge on any atom is -0.406 e. The second-order valence-electron chi connectivity index (χ2n) is 10.3. The van der Waals surface area contributed by atoms with E-state index in [0.29, 0.717) is 22.5 Å². The summed E-state index contributed by atoms with van der Waals surface area (Å²) < 4.78 is 71.6. The molecule has 2 aliphatic rings. The average Bonchev–Trinajstić information content (AvgIpc) is 3.70. The molecule has 13 heteroatoms. The smallest absolute Gasteiger partial charge is 0.406 e. The third-order valence-corrected chi connectivity index (χ3v) is 9.87. The maximum Gasteiger partial charge on any atom is 0.573 e. The Balaban J connectivity index is 1.35. The molecule has 4 aromatic rings. The number of halogens is 5. The Morgan fingerprint density at radius 3 is 2.17 bits per heavy atom. The SMILES string of the molecule is O=S(=NCC1CC1)(N[C@@H]1COC[C@H](n2c3ccc(Cl)cc3c3cc(Cl)ccc32)[C@@H]1O)c1ccc(OC(F)(F)F)cc1. The molecule has 2 N–H and O–H groups in total. The lowest BCUT2D eigenvalue weighted by Crippen LogP contribution is -2.53. The van der Waals surface area contributed by atoms with Crippen molar-refractivity contribution in [2.24, 2.45) is 10.3 Å². The number of rotatable bonds is 7. The maximum atomic E-state index is 14.3. The van der Waals surface area contributed by atoms with Crippen molar-refractivity contribution >= 4 is 54.9 Å². The number of benzene rings is 3. The van der Waals surface area contributed by atoms with Crippen molar-refractivity contribution < 1.29 is 32.0 Å². The van der Waals surface area contributed by atoms with Crippen LogP contribution >= 0.6 is 23.2 Å². The molecule has 1 saturated heterocycles. The molecule has 41 heavy (non-hydrogen) atoms. The number of hydrogen-bond acceptors (Lipinski definition) is 5. The van der Waals surface area contributed by atoms with Gasteiger partial charge in [0, 0.05) is 31.9 Å². The normalized spacial score (nSPS) is 23.0. The third kappa shape index (κ3) is 6.02. The fraction of sp³-hybridized carbons (Fsp3) is 0.357. The lowest BCUT2D eigenvalue weighted by atomic mass is 10.0. The fourth-order valence-electron chi connectivity index (χ4n) is 5.19. The van der Waals surface area contributed by atoms with Crippen molar-refractivity contribution in [2.45, 2.75) is 42.3 Å². The summed E-state index contributed by atoms with van der Waals surface area (Å²) in [6.45, 7) is 0.569. The highest BCUT2D eigenvalue weighted by Crippen LogP contribution is 2.38. The number of nitrogens with one attached hydrogen (secondary N) is 1. The fourth-order valence-corrected chi connectivity index (χ4v) is 7.44. The van der Waals surface area contributed by atoms with Crippen LogP contribution in [0.15, 0.2) is 69.9 Å². The van der Waals surface area contributed by atoms with Crippen LogP contribution in [0.3, 0.4) is 0 Å². The first-order valence-electron chi connectivity index (χ1n) is 13.0. The topological polar surface area (TPSA) is 85.1 Å². The van der Waals surface area contributed by atoms with E-state index >= 15 is 0 Å². The molecule has 0 amide bonds. The quantitative estimate of drug-likeness (QED) is 0.238. The van der Waals surface area contributed by atoms with E-state index in [9.17, 15) is 22.5 Å². The van der Waals surface area contributed by atoms with Crippen molar-refractivity contribution in [3.05, 3.63) is 70.7 Å². The summed E-state index contributed by atoms with van der Waals surface area (Å²) >= 11 is 12.6. The zero-order valence-electron chi connectivity index (χ0n) is 21.5. The van der Waals surface area contributed by atoms with E-state index in [2.05, 4.69) is 13.8 Å². The summed E-state index contributed by atoms with van der Waals surface area (Å²) in [5.41, 5.74) is 1.64. The van der Waals surface area contributed by atoms with Crippen LogP contribution in [0.4, 0.5) is 13.2 Å². The van der Waals surface area contributed by atoms with Crippen molar-refractivity contribution in [2.75, 3.05) is 19.8 Å². The highest BCUT2D eigenvalue weighted by molar-refractivity contribution is 7.91. The van der Waals surface area contributed by atoms with E-state index in [4.69, 9.17) is 27.9 Å². The second-order valence-corrected chi connectivity index (χ2v) is 13.2. The number of aliphatic hydroxyl groups is 1. The number of aliphatic hydroxyl groups excluding tert-OH is 1. The predicted octanol–water partition coefficient (Wildman–Crippen LogP) is 6.74. The van der Waals surface area contributed by atoms with Gasteiger partial charge in [-0.15, -0.1) is 13.2 Å². The van der Waals surface area contributed by atoms with Gasteiger partial charge < -0.3 is 19.1 Å². The summed E-state index contributed by atoms with van der Waals surface area (Å²) in [6, 6.07) is 14.4. The molecule has 4 atom stereocenters. The molecule has 1 aliphatic heterocycles. The monoisotopic (exact) mass is 627 g/mol. The van der Waals surface area contributed by atoms with E-state index < -0.39 is 40.2 Å². The first-order valence-corrected chi connectivity index (χ1v) is 15.3. The summed E-state index contributed by atoms with van der Waals surface area (Å²) in [5, 5.41) is 14.5. The molecule has 1 unspecified atom stereocenters. The highest BCUT2D eigenvalue weighted by Gasteiger charge is 2.38. The molecule has 0 spiro atoms. The van der Waals surface area contributed by atoms with Crippen LogP contribution in [0.1, 0.15) is 18.9 Å². The second kappa shape index (κ2) is 10.9. The van der Waals surface area contributed by atoms with Gasteiger partial charge in [-0.2, -0.15) is 0 Å². The van der Waals surface area contributed by atoms with Crippen LogP contribution in [0.25, 0.3) is 21.8 Å². The summed E-state index contributed by atoms with van der Waals surface area (Å²) in [5.74, 6) is -0.125. The standard InChI is InChI=1S/C28H26Cl2F3N3O4S/c29-17-3-9-24-21(11-17)22-12-18(30)4-10-25(22)36(24)26-15-39-14-23(27(26)37)35-41(38,34-13-16-1-2-16)20-7-5-19(6-8-20)40-28(31,32)33/h3-12,16,23,26-27,37H,1-2,13-15H2,(H,34,35,38)/t23-,26+,27-,41?/m1/s1.